The summed E-state index contributed by atoms with van der Waals surface area (Å²) in [6.07, 6.45) is -18.1. The van der Waals surface area contributed by atoms with Crippen LogP contribution in [0.5, 0.6) is 0 Å². The maximum atomic E-state index is 14.7. The topological polar surface area (TPSA) is 312 Å². The summed E-state index contributed by atoms with van der Waals surface area (Å²) in [6.45, 7) is 15.7. The van der Waals surface area contributed by atoms with Crippen LogP contribution in [0.15, 0.2) is 11.6 Å². The summed E-state index contributed by atoms with van der Waals surface area (Å²) in [6, 6.07) is 0. The summed E-state index contributed by atoms with van der Waals surface area (Å²) >= 11 is 0. The van der Waals surface area contributed by atoms with E-state index in [9.17, 15) is 65.8 Å². The molecule has 25 atom stereocenters. The monoisotopic (exact) mass is 956 g/mol. The van der Waals surface area contributed by atoms with Crippen molar-refractivity contribution in [3.63, 3.8) is 0 Å². The van der Waals surface area contributed by atoms with Gasteiger partial charge in [0, 0.05) is 5.41 Å². The Labute approximate surface area is 391 Å². The smallest absolute Gasteiger partial charge is 0.335 e. The lowest BCUT2D eigenvalue weighted by Gasteiger charge is -2.71. The molecule has 382 valence electrons. The third kappa shape index (κ3) is 7.79. The van der Waals surface area contributed by atoms with E-state index in [0.717, 1.165) is 18.4 Å². The molecular weight excluding hydrogens is 881 g/mol. The number of allylic oxidation sites excluding steroid dienone is 2. The number of rotatable bonds is 8. The molecule has 3 saturated heterocycles. The first-order chi connectivity index (χ1) is 31.1. The van der Waals surface area contributed by atoms with Gasteiger partial charge in [-0.05, 0) is 111 Å². The molecular formula is C48H76O19. The fourth-order valence-corrected chi connectivity index (χ4v) is 15.0. The minimum absolute atomic E-state index is 0.0122. The molecule has 19 nitrogen and oxygen atoms in total. The number of carboxylic acid groups (broad SMARTS) is 1. The van der Waals surface area contributed by atoms with Gasteiger partial charge in [0.1, 0.15) is 54.9 Å². The third-order valence-electron chi connectivity index (χ3n) is 19.6. The van der Waals surface area contributed by atoms with Crippen molar-refractivity contribution in [3.05, 3.63) is 11.6 Å². The van der Waals surface area contributed by atoms with E-state index in [1.54, 1.807) is 0 Å². The molecule has 8 rings (SSSR count). The van der Waals surface area contributed by atoms with Gasteiger partial charge in [-0.2, -0.15) is 0 Å². The lowest BCUT2D eigenvalue weighted by molar-refractivity contribution is -0.372. The average Bonchev–Trinajstić information content (AvgIpc) is 3.26. The van der Waals surface area contributed by atoms with E-state index in [-0.39, 0.29) is 35.7 Å². The number of esters is 1. The standard InChI is InChI=1S/C48H76O19/c1-20-28(51)30(53)34(57)39(62-20)66-37-33(56)32(55)36(38(59)60)65-41(37)64-27-12-13-45(6)24(43(27,3)4)11-14-47(8)25(45)10-9-22-23-17-44(5,19-49)26(50)18-48(23,16-15-46(22,47)7)42(61)67-40-35(58)31(54)29(52)21(2)63-40/h9,20-21,23-37,39-41,49-58H,10-19H2,1-8H3,(H,59,60)/t20-,21-,23-,24-,25+,26-,27-,28-,29-,30+,31+,32-,33-,34+,35+,36-,37+,39-,40-,41+,44-,45-,46+,47+,48+/m0/s1. The van der Waals surface area contributed by atoms with Gasteiger partial charge in [0.05, 0.1) is 36.4 Å². The van der Waals surface area contributed by atoms with Crippen molar-refractivity contribution in [1.82, 2.24) is 0 Å². The van der Waals surface area contributed by atoms with Crippen LogP contribution in [0.2, 0.25) is 0 Å². The molecule has 19 heteroatoms. The van der Waals surface area contributed by atoms with Crippen LogP contribution in [0.3, 0.4) is 0 Å². The Bertz CT molecular complexity index is 1900. The van der Waals surface area contributed by atoms with Crippen LogP contribution in [0.25, 0.3) is 0 Å². The second-order valence-corrected chi connectivity index (χ2v) is 23.3. The van der Waals surface area contributed by atoms with E-state index in [0.29, 0.717) is 38.5 Å². The third-order valence-corrected chi connectivity index (χ3v) is 19.6. The predicted octanol–water partition coefficient (Wildman–Crippen LogP) is 0.231. The first kappa shape index (κ1) is 51.4. The predicted molar refractivity (Wildman–Crippen MR) is 231 cm³/mol. The zero-order chi connectivity index (χ0) is 49.3. The van der Waals surface area contributed by atoms with Crippen LogP contribution in [0.1, 0.15) is 113 Å². The summed E-state index contributed by atoms with van der Waals surface area (Å²) in [5.74, 6) is -2.43. The zero-order valence-corrected chi connectivity index (χ0v) is 39.9. The van der Waals surface area contributed by atoms with E-state index < -0.39 is 144 Å². The van der Waals surface area contributed by atoms with Gasteiger partial charge in [0.25, 0.3) is 0 Å². The minimum Gasteiger partial charge on any atom is -0.479 e. The zero-order valence-electron chi connectivity index (χ0n) is 39.9. The Morgan fingerprint density at radius 2 is 1.28 bits per heavy atom. The van der Waals surface area contributed by atoms with E-state index in [1.807, 2.05) is 6.92 Å². The van der Waals surface area contributed by atoms with Gasteiger partial charge in [-0.1, -0.05) is 53.2 Å². The molecule has 0 unspecified atom stereocenters. The lowest BCUT2D eigenvalue weighted by atomic mass is 9.33. The van der Waals surface area contributed by atoms with Crippen molar-refractivity contribution in [2.24, 2.45) is 50.2 Å². The van der Waals surface area contributed by atoms with Gasteiger partial charge in [-0.15, -0.1) is 0 Å². The number of aliphatic hydroxyl groups is 10. The van der Waals surface area contributed by atoms with E-state index in [2.05, 4.69) is 40.7 Å². The van der Waals surface area contributed by atoms with E-state index >= 15 is 0 Å². The Hall–Kier alpha value is -1.92. The minimum atomic E-state index is -1.95. The van der Waals surface area contributed by atoms with Crippen LogP contribution < -0.4 is 0 Å². The average molecular weight is 957 g/mol. The number of fused-ring (bicyclic) bond motifs is 7. The lowest BCUT2D eigenvalue weighted by Crippen LogP contribution is -2.67. The van der Waals surface area contributed by atoms with Crippen LogP contribution in [-0.4, -0.2) is 179 Å². The van der Waals surface area contributed by atoms with Gasteiger partial charge < -0.3 is 84.6 Å². The normalized spacial score (nSPS) is 55.2. The number of ether oxygens (including phenoxy) is 6. The second-order valence-electron chi connectivity index (χ2n) is 23.3. The molecule has 3 heterocycles. The van der Waals surface area contributed by atoms with Gasteiger partial charge >= 0.3 is 11.9 Å². The van der Waals surface area contributed by atoms with Crippen LogP contribution >= 0.6 is 0 Å². The van der Waals surface area contributed by atoms with Gasteiger partial charge in [-0.25, -0.2) is 4.79 Å². The maximum Gasteiger partial charge on any atom is 0.335 e. The summed E-state index contributed by atoms with van der Waals surface area (Å²) in [4.78, 5) is 27.0. The molecule has 0 amide bonds. The van der Waals surface area contributed by atoms with Crippen molar-refractivity contribution >= 4 is 11.9 Å². The largest absolute Gasteiger partial charge is 0.479 e. The molecule has 3 aliphatic heterocycles. The fourth-order valence-electron chi connectivity index (χ4n) is 15.0. The van der Waals surface area contributed by atoms with Crippen LogP contribution in [0.4, 0.5) is 0 Å². The molecule has 0 aromatic carbocycles. The number of aliphatic carboxylic acids is 1. The molecule has 5 aliphatic carbocycles. The van der Waals surface area contributed by atoms with Gasteiger partial charge in [0.2, 0.25) is 6.29 Å². The maximum absolute atomic E-state index is 14.7. The van der Waals surface area contributed by atoms with Crippen molar-refractivity contribution in [2.75, 3.05) is 6.61 Å². The Kier molecular flexibility index (Phi) is 13.6. The molecule has 67 heavy (non-hydrogen) atoms. The van der Waals surface area contributed by atoms with Crippen LogP contribution in [0, 0.1) is 50.2 Å². The highest BCUT2D eigenvalue weighted by Gasteiger charge is 2.71. The Morgan fingerprint density at radius 3 is 1.90 bits per heavy atom. The number of carboxylic acids is 1. The summed E-state index contributed by atoms with van der Waals surface area (Å²) < 4.78 is 35.8. The number of carbonyl (C=O) groups excluding carboxylic acids is 1. The second kappa shape index (κ2) is 17.7. The fraction of sp³-hybridized carbons (Fsp3) is 0.917. The Balaban J connectivity index is 1.07. The molecule has 4 saturated carbocycles. The number of hydrogen-bond donors (Lipinski definition) is 11. The van der Waals surface area contributed by atoms with Crippen molar-refractivity contribution in [2.45, 2.75) is 218 Å². The first-order valence-electron chi connectivity index (χ1n) is 24.3. The molecule has 0 spiro atoms. The Morgan fingerprint density at radius 1 is 0.672 bits per heavy atom. The number of carbonyl (C=O) groups is 2. The van der Waals surface area contributed by atoms with E-state index in [1.165, 1.54) is 13.8 Å². The van der Waals surface area contributed by atoms with Gasteiger partial charge in [-0.3, -0.25) is 4.79 Å². The van der Waals surface area contributed by atoms with Crippen molar-refractivity contribution in [3.8, 4) is 0 Å². The molecule has 7 fully saturated rings. The number of hydrogen-bond acceptors (Lipinski definition) is 18. The number of aliphatic hydroxyl groups excluding tert-OH is 10. The SMILES string of the molecule is C[C@@H]1O[C@@H](OC(=O)[C@@]23CC[C@]4(C)C(=CC[C@@H]5[C@@]6(C)CC[C@H](O[C@@H]7O[C@H](C(=O)O)[C@@H](O)[C@H](O)[C@H]7O[C@@H]7O[C@@H](C)[C@H](O)[C@@H](O)[C@H]7O)C(C)(C)[C@@H]6CC[C@]54C)[C@@H]2C[C@@](C)(CO)[C@@H](O)C3)[C@H](O)[C@H](O)[C@H]1O. The quantitative estimate of drug-likeness (QED) is 0.0882. The summed E-state index contributed by atoms with van der Waals surface area (Å²) in [7, 11) is 0. The summed E-state index contributed by atoms with van der Waals surface area (Å²) in [5, 5.41) is 118. The molecule has 0 radical (unpaired) electrons. The van der Waals surface area contributed by atoms with Crippen LogP contribution in [-0.2, 0) is 38.0 Å². The highest BCUT2D eigenvalue weighted by molar-refractivity contribution is 5.79. The molecule has 0 bridgehead atoms. The molecule has 0 aromatic heterocycles. The molecule has 11 N–H and O–H groups in total. The molecule has 0 aromatic rings. The molecule has 8 aliphatic rings. The highest BCUT2D eigenvalue weighted by atomic mass is 16.8. The van der Waals surface area contributed by atoms with Gasteiger partial charge in [0.15, 0.2) is 18.7 Å². The highest BCUT2D eigenvalue weighted by Crippen LogP contribution is 2.76. The summed E-state index contributed by atoms with van der Waals surface area (Å²) in [5.41, 5.74) is -2.63. The van der Waals surface area contributed by atoms with Crippen molar-refractivity contribution < 1.29 is 94.2 Å². The van der Waals surface area contributed by atoms with E-state index in [4.69, 9.17) is 28.4 Å². The first-order valence-corrected chi connectivity index (χ1v) is 24.3. The van der Waals surface area contributed by atoms with Crippen molar-refractivity contribution in [1.29, 1.82) is 0 Å².